The molecule has 3 aromatic rings. The Labute approximate surface area is 174 Å². The molecule has 1 aliphatic heterocycles. The number of carbonyl (C=O) groups excluding carboxylic acids is 2. The molecule has 0 saturated heterocycles. The average Bonchev–Trinajstić information content (AvgIpc) is 2.94. The van der Waals surface area contributed by atoms with E-state index in [9.17, 15) is 9.59 Å². The Bertz CT molecular complexity index is 1080. The van der Waals surface area contributed by atoms with E-state index in [1.807, 2.05) is 84.9 Å². The van der Waals surface area contributed by atoms with Gasteiger partial charge in [-0.2, -0.15) is 0 Å². The highest BCUT2D eigenvalue weighted by Gasteiger charge is 2.31. The lowest BCUT2D eigenvalue weighted by Gasteiger charge is -2.23. The highest BCUT2D eigenvalue weighted by Crippen LogP contribution is 2.25. The molecule has 6 nitrogen and oxygen atoms in total. The van der Waals surface area contributed by atoms with E-state index in [0.717, 1.165) is 16.7 Å². The second kappa shape index (κ2) is 8.61. The molecule has 0 saturated carbocycles. The summed E-state index contributed by atoms with van der Waals surface area (Å²) in [4.78, 5) is 31.4. The van der Waals surface area contributed by atoms with Gasteiger partial charge in [-0.25, -0.2) is 9.79 Å². The van der Waals surface area contributed by atoms with Crippen LogP contribution in [-0.4, -0.2) is 35.8 Å². The zero-order chi connectivity index (χ0) is 20.9. The lowest BCUT2D eigenvalue weighted by Crippen LogP contribution is -2.44. The van der Waals surface area contributed by atoms with Crippen LogP contribution < -0.4 is 5.32 Å². The summed E-state index contributed by atoms with van der Waals surface area (Å²) in [7, 11) is 1.51. The Morgan fingerprint density at radius 2 is 1.60 bits per heavy atom. The largest absolute Gasteiger partial charge is 0.444 e. The molecule has 0 fully saturated rings. The zero-order valence-electron chi connectivity index (χ0n) is 16.5. The van der Waals surface area contributed by atoms with Gasteiger partial charge in [0.25, 0.3) is 5.91 Å². The van der Waals surface area contributed by atoms with Crippen molar-refractivity contribution < 1.29 is 14.3 Å². The van der Waals surface area contributed by atoms with Crippen LogP contribution in [0.5, 0.6) is 0 Å². The van der Waals surface area contributed by atoms with Gasteiger partial charge in [-0.15, -0.1) is 0 Å². The van der Waals surface area contributed by atoms with Crippen molar-refractivity contribution >= 4 is 23.4 Å². The van der Waals surface area contributed by atoms with Crippen LogP contribution in [0.4, 0.5) is 10.5 Å². The molecule has 2 amide bonds. The topological polar surface area (TPSA) is 71.0 Å². The minimum atomic E-state index is -1.06. The molecule has 0 radical (unpaired) electrons. The molecule has 0 spiro atoms. The molecule has 30 heavy (non-hydrogen) atoms. The van der Waals surface area contributed by atoms with E-state index in [-0.39, 0.29) is 6.61 Å². The normalized spacial score (nSPS) is 15.3. The van der Waals surface area contributed by atoms with Crippen molar-refractivity contribution in [3.8, 4) is 0 Å². The molecule has 1 aliphatic rings. The Hall–Kier alpha value is -3.93. The Morgan fingerprint density at radius 1 is 0.967 bits per heavy atom. The number of amides is 2. The molecule has 1 atom stereocenters. The number of rotatable bonds is 4. The fourth-order valence-electron chi connectivity index (χ4n) is 3.26. The molecule has 1 N–H and O–H groups in total. The fraction of sp³-hybridized carbons (Fsp3) is 0.125. The van der Waals surface area contributed by atoms with Gasteiger partial charge in [0, 0.05) is 18.2 Å². The quantitative estimate of drug-likeness (QED) is 0.719. The molecule has 1 unspecified atom stereocenters. The number of nitrogens with zero attached hydrogens (tertiary/aromatic N) is 2. The lowest BCUT2D eigenvalue weighted by molar-refractivity contribution is -0.120. The molecular weight excluding hydrogens is 378 g/mol. The number of likely N-dealkylation sites (N-methyl/N-ethyl adjacent to an activating group) is 1. The Morgan fingerprint density at radius 3 is 2.33 bits per heavy atom. The second-order valence-electron chi connectivity index (χ2n) is 6.90. The van der Waals surface area contributed by atoms with Gasteiger partial charge in [0.05, 0.1) is 11.4 Å². The number of hydrogen-bond donors (Lipinski definition) is 1. The van der Waals surface area contributed by atoms with Crippen LogP contribution in [-0.2, 0) is 16.1 Å². The average molecular weight is 399 g/mol. The zero-order valence-corrected chi connectivity index (χ0v) is 16.5. The lowest BCUT2D eigenvalue weighted by atomic mass is 10.0. The molecule has 1 heterocycles. The van der Waals surface area contributed by atoms with Crippen LogP contribution in [0.3, 0.4) is 0 Å². The van der Waals surface area contributed by atoms with E-state index in [0.29, 0.717) is 11.4 Å². The first-order valence-electron chi connectivity index (χ1n) is 9.60. The van der Waals surface area contributed by atoms with Crippen molar-refractivity contribution in [1.82, 2.24) is 4.90 Å². The maximum absolute atomic E-state index is 12.9. The molecule has 150 valence electrons. The summed E-state index contributed by atoms with van der Waals surface area (Å²) < 4.78 is 5.39. The third-order valence-corrected chi connectivity index (χ3v) is 4.83. The number of aliphatic imine (C=N–C) groups is 1. The van der Waals surface area contributed by atoms with Gasteiger partial charge >= 0.3 is 6.09 Å². The van der Waals surface area contributed by atoms with Gasteiger partial charge in [-0.1, -0.05) is 78.9 Å². The van der Waals surface area contributed by atoms with Crippen LogP contribution in [0, 0.1) is 0 Å². The van der Waals surface area contributed by atoms with Crippen molar-refractivity contribution in [3.63, 3.8) is 0 Å². The SMILES string of the molecule is CN(C(=O)OCc1ccccc1)C1N=C(c2ccccc2)c2ccccc2NC1=O. The van der Waals surface area contributed by atoms with Crippen molar-refractivity contribution in [2.75, 3.05) is 12.4 Å². The van der Waals surface area contributed by atoms with Crippen LogP contribution in [0.15, 0.2) is 89.9 Å². The Kier molecular flexibility index (Phi) is 5.57. The molecule has 3 aromatic carbocycles. The molecule has 0 aliphatic carbocycles. The molecule has 0 aromatic heterocycles. The van der Waals surface area contributed by atoms with Gasteiger partial charge in [-0.05, 0) is 11.6 Å². The molecule has 0 bridgehead atoms. The van der Waals surface area contributed by atoms with Crippen LogP contribution in [0.2, 0.25) is 0 Å². The first-order valence-corrected chi connectivity index (χ1v) is 9.60. The minimum absolute atomic E-state index is 0.119. The first kappa shape index (κ1) is 19.4. The van der Waals surface area contributed by atoms with Crippen LogP contribution >= 0.6 is 0 Å². The molecule has 6 heteroatoms. The van der Waals surface area contributed by atoms with Crippen LogP contribution in [0.1, 0.15) is 16.7 Å². The Balaban J connectivity index is 1.63. The summed E-state index contributed by atoms with van der Waals surface area (Å²) in [6.45, 7) is 0.119. The minimum Gasteiger partial charge on any atom is -0.444 e. The molecule has 4 rings (SSSR count). The third kappa shape index (κ3) is 4.07. The summed E-state index contributed by atoms with van der Waals surface area (Å²) in [6.07, 6.45) is -1.68. The number of ether oxygens (including phenoxy) is 1. The fourth-order valence-corrected chi connectivity index (χ4v) is 3.26. The monoisotopic (exact) mass is 399 g/mol. The maximum Gasteiger partial charge on any atom is 0.411 e. The van der Waals surface area contributed by atoms with E-state index in [1.165, 1.54) is 11.9 Å². The predicted molar refractivity (Wildman–Crippen MR) is 115 cm³/mol. The number of benzene rings is 3. The highest BCUT2D eigenvalue weighted by atomic mass is 16.6. The number of nitrogens with one attached hydrogen (secondary N) is 1. The summed E-state index contributed by atoms with van der Waals surface area (Å²) in [5, 5.41) is 2.88. The van der Waals surface area contributed by atoms with Crippen molar-refractivity contribution in [2.24, 2.45) is 4.99 Å². The summed E-state index contributed by atoms with van der Waals surface area (Å²) in [5.74, 6) is -0.396. The van der Waals surface area contributed by atoms with E-state index in [1.54, 1.807) is 0 Å². The van der Waals surface area contributed by atoms with Gasteiger partial charge in [0.2, 0.25) is 6.17 Å². The number of anilines is 1. The smallest absolute Gasteiger partial charge is 0.411 e. The predicted octanol–water partition coefficient (Wildman–Crippen LogP) is 4.07. The maximum atomic E-state index is 12.9. The third-order valence-electron chi connectivity index (χ3n) is 4.83. The number of para-hydroxylation sites is 1. The summed E-state index contributed by atoms with van der Waals surface area (Å²) in [5.41, 5.74) is 3.81. The van der Waals surface area contributed by atoms with Crippen LogP contribution in [0.25, 0.3) is 0 Å². The van der Waals surface area contributed by atoms with Crippen molar-refractivity contribution in [2.45, 2.75) is 12.8 Å². The van der Waals surface area contributed by atoms with Gasteiger partial charge in [0.15, 0.2) is 0 Å². The standard InChI is InChI=1S/C24H21N3O3/c1-27(24(29)30-16-17-10-4-2-5-11-17)22-23(28)25-20-15-9-8-14-19(20)21(26-22)18-12-6-3-7-13-18/h2-15,22H,16H2,1H3,(H,25,28). The van der Waals surface area contributed by atoms with Gasteiger partial charge in [-0.3, -0.25) is 9.69 Å². The van der Waals surface area contributed by atoms with Crippen molar-refractivity contribution in [3.05, 3.63) is 102 Å². The number of hydrogen-bond acceptors (Lipinski definition) is 4. The summed E-state index contributed by atoms with van der Waals surface area (Å²) >= 11 is 0. The van der Waals surface area contributed by atoms with E-state index in [2.05, 4.69) is 10.3 Å². The number of carbonyl (C=O) groups is 2. The van der Waals surface area contributed by atoms with Gasteiger partial charge in [0.1, 0.15) is 6.61 Å². The number of benzodiazepines with no additional fused rings is 1. The molecular formula is C24H21N3O3. The van der Waals surface area contributed by atoms with Crippen molar-refractivity contribution in [1.29, 1.82) is 0 Å². The van der Waals surface area contributed by atoms with E-state index >= 15 is 0 Å². The second-order valence-corrected chi connectivity index (χ2v) is 6.90. The first-order chi connectivity index (χ1) is 14.6. The number of fused-ring (bicyclic) bond motifs is 1. The van der Waals surface area contributed by atoms with Gasteiger partial charge < -0.3 is 10.1 Å². The van der Waals surface area contributed by atoms with E-state index < -0.39 is 18.2 Å². The highest BCUT2D eigenvalue weighted by molar-refractivity contribution is 6.19. The van der Waals surface area contributed by atoms with E-state index in [4.69, 9.17) is 4.74 Å². The summed E-state index contributed by atoms with van der Waals surface area (Å²) in [6, 6.07) is 26.4.